The highest BCUT2D eigenvalue weighted by Gasteiger charge is 2.40. The van der Waals surface area contributed by atoms with Crippen molar-refractivity contribution in [3.63, 3.8) is 0 Å². The van der Waals surface area contributed by atoms with Gasteiger partial charge < -0.3 is 19.7 Å². The SMILES string of the molecule is COC[C@H]1CN[C@H](C)CN1CC(=O)N1CC(C)(C)c2cnc(Oc3ccccc3Cl)cc21.Cl. The molecule has 3 heterocycles. The molecule has 33 heavy (non-hydrogen) atoms. The Hall–Kier alpha value is -1.90. The maximum Gasteiger partial charge on any atom is 0.241 e. The molecular formula is C24H32Cl2N4O3. The number of hydrogen-bond donors (Lipinski definition) is 1. The minimum Gasteiger partial charge on any atom is -0.437 e. The van der Waals surface area contributed by atoms with E-state index in [4.69, 9.17) is 21.1 Å². The van der Waals surface area contributed by atoms with E-state index in [1.807, 2.05) is 29.3 Å². The number of anilines is 1. The van der Waals surface area contributed by atoms with Crippen LogP contribution in [0.25, 0.3) is 0 Å². The fourth-order valence-electron chi connectivity index (χ4n) is 4.50. The highest BCUT2D eigenvalue weighted by atomic mass is 35.5. The lowest BCUT2D eigenvalue weighted by atomic mass is 9.88. The van der Waals surface area contributed by atoms with Gasteiger partial charge in [-0.05, 0) is 19.1 Å². The van der Waals surface area contributed by atoms with Crippen LogP contribution >= 0.6 is 24.0 Å². The van der Waals surface area contributed by atoms with E-state index in [0.29, 0.717) is 42.4 Å². The molecule has 4 rings (SSSR count). The Balaban J connectivity index is 0.00000306. The van der Waals surface area contributed by atoms with Gasteiger partial charge in [0.1, 0.15) is 5.75 Å². The summed E-state index contributed by atoms with van der Waals surface area (Å²) >= 11 is 6.24. The van der Waals surface area contributed by atoms with Gasteiger partial charge in [-0.15, -0.1) is 12.4 Å². The van der Waals surface area contributed by atoms with E-state index < -0.39 is 0 Å². The summed E-state index contributed by atoms with van der Waals surface area (Å²) in [6.45, 7) is 9.57. The minimum absolute atomic E-state index is 0. The molecule has 1 fully saturated rings. The molecule has 2 aliphatic heterocycles. The standard InChI is InChI=1S/C24H31ClN4O3.ClH/c1-16-12-28(17(10-26-16)14-31-4)13-23(30)29-15-24(2,3)18-11-27-22(9-20(18)29)32-21-8-6-5-7-19(21)25;/h5-9,11,16-17,26H,10,12-15H2,1-4H3;1H/t16-,17-;/m1./s1. The molecule has 2 aliphatic rings. The first-order valence-corrected chi connectivity index (χ1v) is 11.4. The summed E-state index contributed by atoms with van der Waals surface area (Å²) in [5.41, 5.74) is 1.70. The highest BCUT2D eigenvalue weighted by Crippen LogP contribution is 2.42. The number of nitrogens with one attached hydrogen (secondary N) is 1. The van der Waals surface area contributed by atoms with Crippen LogP contribution in [0, 0.1) is 0 Å². The van der Waals surface area contributed by atoms with E-state index in [1.165, 1.54) is 0 Å². The normalized spacial score (nSPS) is 21.9. The van der Waals surface area contributed by atoms with Crippen molar-refractivity contribution in [2.75, 3.05) is 44.8 Å². The molecule has 180 valence electrons. The van der Waals surface area contributed by atoms with Gasteiger partial charge in [-0.25, -0.2) is 4.98 Å². The van der Waals surface area contributed by atoms with E-state index in [0.717, 1.165) is 24.3 Å². The fraction of sp³-hybridized carbons (Fsp3) is 0.500. The summed E-state index contributed by atoms with van der Waals surface area (Å²) in [4.78, 5) is 22.1. The average molecular weight is 495 g/mol. The van der Waals surface area contributed by atoms with Crippen molar-refractivity contribution >= 4 is 35.6 Å². The second-order valence-electron chi connectivity index (χ2n) is 9.28. The van der Waals surface area contributed by atoms with Crippen LogP contribution in [0.5, 0.6) is 11.6 Å². The van der Waals surface area contributed by atoms with Gasteiger partial charge in [0.15, 0.2) is 0 Å². The maximum atomic E-state index is 13.5. The smallest absolute Gasteiger partial charge is 0.241 e. The largest absolute Gasteiger partial charge is 0.437 e. The topological polar surface area (TPSA) is 66.9 Å². The summed E-state index contributed by atoms with van der Waals surface area (Å²) in [7, 11) is 1.70. The number of hydrogen-bond acceptors (Lipinski definition) is 6. The number of para-hydroxylation sites is 1. The number of carbonyl (C=O) groups excluding carboxylic acids is 1. The van der Waals surface area contributed by atoms with Gasteiger partial charge in [-0.2, -0.15) is 0 Å². The third-order valence-corrected chi connectivity index (χ3v) is 6.52. The summed E-state index contributed by atoms with van der Waals surface area (Å²) in [5, 5.41) is 3.99. The highest BCUT2D eigenvalue weighted by molar-refractivity contribution is 6.32. The van der Waals surface area contributed by atoms with Crippen molar-refractivity contribution in [3.05, 3.63) is 47.1 Å². The van der Waals surface area contributed by atoms with E-state index in [9.17, 15) is 4.79 Å². The molecule has 7 nitrogen and oxygen atoms in total. The Morgan fingerprint density at radius 2 is 2.09 bits per heavy atom. The Morgan fingerprint density at radius 1 is 1.33 bits per heavy atom. The van der Waals surface area contributed by atoms with Crippen LogP contribution < -0.4 is 15.0 Å². The lowest BCUT2D eigenvalue weighted by Crippen LogP contribution is -2.59. The summed E-state index contributed by atoms with van der Waals surface area (Å²) in [5.74, 6) is 1.02. The third kappa shape index (κ3) is 5.61. The monoisotopic (exact) mass is 494 g/mol. The zero-order chi connectivity index (χ0) is 22.9. The number of piperazine rings is 1. The van der Waals surface area contributed by atoms with Crippen molar-refractivity contribution < 1.29 is 14.3 Å². The molecule has 1 N–H and O–H groups in total. The molecule has 0 radical (unpaired) electrons. The first kappa shape index (κ1) is 25.7. The first-order chi connectivity index (χ1) is 15.3. The number of aromatic nitrogens is 1. The van der Waals surface area contributed by atoms with Gasteiger partial charge >= 0.3 is 0 Å². The van der Waals surface area contributed by atoms with Crippen LogP contribution in [0.3, 0.4) is 0 Å². The molecular weight excluding hydrogens is 463 g/mol. The maximum absolute atomic E-state index is 13.5. The van der Waals surface area contributed by atoms with E-state index in [1.54, 1.807) is 19.2 Å². The van der Waals surface area contributed by atoms with E-state index >= 15 is 0 Å². The van der Waals surface area contributed by atoms with Crippen LogP contribution in [0.15, 0.2) is 36.5 Å². The number of carbonyl (C=O) groups is 1. The van der Waals surface area contributed by atoms with Crippen LogP contribution in [0.2, 0.25) is 5.02 Å². The van der Waals surface area contributed by atoms with Gasteiger partial charge in [0.25, 0.3) is 0 Å². The Labute approximate surface area is 206 Å². The molecule has 0 saturated carbocycles. The molecule has 2 atom stereocenters. The summed E-state index contributed by atoms with van der Waals surface area (Å²) in [6, 6.07) is 9.63. The van der Waals surface area contributed by atoms with Gasteiger partial charge in [-0.3, -0.25) is 9.69 Å². The zero-order valence-corrected chi connectivity index (χ0v) is 21.1. The van der Waals surface area contributed by atoms with Gasteiger partial charge in [0, 0.05) is 62.1 Å². The van der Waals surface area contributed by atoms with Crippen molar-refractivity contribution in [1.29, 1.82) is 0 Å². The van der Waals surface area contributed by atoms with Crippen LogP contribution in [0.1, 0.15) is 26.3 Å². The predicted molar refractivity (Wildman–Crippen MR) is 133 cm³/mol. The van der Waals surface area contributed by atoms with Gasteiger partial charge in [-0.1, -0.05) is 37.6 Å². The zero-order valence-electron chi connectivity index (χ0n) is 19.5. The van der Waals surface area contributed by atoms with Gasteiger partial charge in [0.2, 0.25) is 11.8 Å². The number of rotatable bonds is 6. The Bertz CT molecular complexity index is 988. The molecule has 1 aromatic carbocycles. The Morgan fingerprint density at radius 3 is 2.82 bits per heavy atom. The van der Waals surface area contributed by atoms with Crippen molar-refractivity contribution in [2.45, 2.75) is 38.3 Å². The second kappa shape index (κ2) is 10.6. The molecule has 2 aromatic rings. The molecule has 0 aliphatic carbocycles. The fourth-order valence-corrected chi connectivity index (χ4v) is 4.67. The summed E-state index contributed by atoms with van der Waals surface area (Å²) < 4.78 is 11.3. The van der Waals surface area contributed by atoms with E-state index in [2.05, 4.69) is 36.0 Å². The molecule has 0 unspecified atom stereocenters. The lowest BCUT2D eigenvalue weighted by molar-refractivity contribution is -0.121. The third-order valence-electron chi connectivity index (χ3n) is 6.21. The van der Waals surface area contributed by atoms with Crippen molar-refractivity contribution in [1.82, 2.24) is 15.2 Å². The van der Waals surface area contributed by atoms with Crippen molar-refractivity contribution in [2.24, 2.45) is 0 Å². The minimum atomic E-state index is -0.191. The predicted octanol–water partition coefficient (Wildman–Crippen LogP) is 3.88. The molecule has 1 amide bonds. The number of methoxy groups -OCH3 is 1. The van der Waals surface area contributed by atoms with Crippen molar-refractivity contribution in [3.8, 4) is 11.6 Å². The molecule has 1 saturated heterocycles. The molecule has 0 bridgehead atoms. The number of benzene rings is 1. The van der Waals surface area contributed by atoms with Crippen LogP contribution in [0.4, 0.5) is 5.69 Å². The quantitative estimate of drug-likeness (QED) is 0.656. The summed E-state index contributed by atoms with van der Waals surface area (Å²) in [6.07, 6.45) is 1.81. The lowest BCUT2D eigenvalue weighted by Gasteiger charge is -2.39. The molecule has 0 spiro atoms. The molecule has 9 heteroatoms. The number of nitrogens with zero attached hydrogens (tertiary/aromatic N) is 3. The number of pyridine rings is 1. The van der Waals surface area contributed by atoms with Crippen LogP contribution in [-0.4, -0.2) is 67.8 Å². The van der Waals surface area contributed by atoms with E-state index in [-0.39, 0.29) is 29.8 Å². The number of amides is 1. The number of fused-ring (bicyclic) bond motifs is 1. The number of halogens is 2. The average Bonchev–Trinajstić information content (AvgIpc) is 3.02. The number of ether oxygens (including phenoxy) is 2. The Kier molecular flexibility index (Phi) is 8.24. The first-order valence-electron chi connectivity index (χ1n) is 11.0. The molecule has 1 aromatic heterocycles. The van der Waals surface area contributed by atoms with Gasteiger partial charge in [0.05, 0.1) is 23.9 Å². The van der Waals surface area contributed by atoms with Crippen LogP contribution in [-0.2, 0) is 14.9 Å². The second-order valence-corrected chi connectivity index (χ2v) is 9.69.